The molecule has 0 radical (unpaired) electrons. The summed E-state index contributed by atoms with van der Waals surface area (Å²) in [7, 11) is 0. The van der Waals surface area contributed by atoms with Gasteiger partial charge in [-0.3, -0.25) is 0 Å². The maximum atomic E-state index is 10.7. The Morgan fingerprint density at radius 2 is 1.88 bits per heavy atom. The Morgan fingerprint density at radius 3 is 2.56 bits per heavy atom. The second-order valence-corrected chi connectivity index (χ2v) is 9.87. The van der Waals surface area contributed by atoms with Gasteiger partial charge in [0, 0.05) is 0 Å². The van der Waals surface area contributed by atoms with Gasteiger partial charge in [-0.2, -0.15) is 0 Å². The molecule has 6 unspecified atom stereocenters. The van der Waals surface area contributed by atoms with Crippen LogP contribution in [0.25, 0.3) is 0 Å². The van der Waals surface area contributed by atoms with Crippen LogP contribution in [0, 0.1) is 29.1 Å². The lowest BCUT2D eigenvalue weighted by atomic mass is 9.56. The summed E-state index contributed by atoms with van der Waals surface area (Å²) in [5.41, 5.74) is 1.76. The van der Waals surface area contributed by atoms with E-state index in [-0.39, 0.29) is 0 Å². The summed E-state index contributed by atoms with van der Waals surface area (Å²) in [5, 5.41) is 10.7. The molecule has 3 aliphatic rings. The molecular formula is C24H42O. The average molecular weight is 347 g/mol. The minimum atomic E-state index is -0.407. The highest BCUT2D eigenvalue weighted by molar-refractivity contribution is 5.12. The fourth-order valence-electron chi connectivity index (χ4n) is 7.03. The summed E-state index contributed by atoms with van der Waals surface area (Å²) in [4.78, 5) is 0. The van der Waals surface area contributed by atoms with Gasteiger partial charge in [-0.1, -0.05) is 52.2 Å². The van der Waals surface area contributed by atoms with E-state index in [9.17, 15) is 5.11 Å². The highest BCUT2D eigenvalue weighted by Crippen LogP contribution is 2.61. The summed E-state index contributed by atoms with van der Waals surface area (Å²) < 4.78 is 0. The fraction of sp³-hybridized carbons (Fsp3) is 0.917. The van der Waals surface area contributed by atoms with Crippen LogP contribution in [0.4, 0.5) is 0 Å². The zero-order valence-corrected chi connectivity index (χ0v) is 17.3. The van der Waals surface area contributed by atoms with Crippen molar-refractivity contribution >= 4 is 0 Å². The number of rotatable bonds is 5. The first-order valence-electron chi connectivity index (χ1n) is 11.4. The summed E-state index contributed by atoms with van der Waals surface area (Å²) in [5.74, 6) is 3.73. The predicted octanol–water partition coefficient (Wildman–Crippen LogP) is 6.90. The van der Waals surface area contributed by atoms with Crippen molar-refractivity contribution in [2.24, 2.45) is 29.1 Å². The molecule has 0 amide bonds. The van der Waals surface area contributed by atoms with E-state index in [2.05, 4.69) is 33.8 Å². The highest BCUT2D eigenvalue weighted by Gasteiger charge is 2.52. The first kappa shape index (κ1) is 19.5. The van der Waals surface area contributed by atoms with Gasteiger partial charge in [-0.25, -0.2) is 0 Å². The molecule has 3 saturated carbocycles. The number of aliphatic hydroxyl groups is 1. The van der Waals surface area contributed by atoms with Crippen LogP contribution in [-0.4, -0.2) is 10.7 Å². The number of hydrogen-bond donors (Lipinski definition) is 1. The molecule has 6 atom stereocenters. The molecule has 3 rings (SSSR count). The smallest absolute Gasteiger partial charge is 0.0682 e. The normalized spacial score (nSPS) is 46.4. The van der Waals surface area contributed by atoms with Crippen LogP contribution in [0.1, 0.15) is 105 Å². The molecule has 1 N–H and O–H groups in total. The topological polar surface area (TPSA) is 20.2 Å². The highest BCUT2D eigenvalue weighted by atomic mass is 16.3. The van der Waals surface area contributed by atoms with Crippen molar-refractivity contribution in [3.8, 4) is 0 Å². The summed E-state index contributed by atoms with van der Waals surface area (Å²) in [6, 6.07) is 0. The zero-order chi connectivity index (χ0) is 18.1. The third kappa shape index (κ3) is 3.73. The minimum Gasteiger partial charge on any atom is -0.390 e. The van der Waals surface area contributed by atoms with E-state index in [0.717, 1.165) is 42.9 Å². The molecule has 0 aromatic rings. The molecule has 0 bridgehead atoms. The Bertz CT molecular complexity index is 480. The third-order valence-corrected chi connectivity index (χ3v) is 8.83. The van der Waals surface area contributed by atoms with Crippen LogP contribution in [0.5, 0.6) is 0 Å². The molecule has 1 nitrogen and oxygen atoms in total. The van der Waals surface area contributed by atoms with Gasteiger partial charge < -0.3 is 5.11 Å². The molecule has 0 heterocycles. The molecule has 0 spiro atoms. The van der Waals surface area contributed by atoms with E-state index in [1.54, 1.807) is 5.57 Å². The van der Waals surface area contributed by atoms with Gasteiger partial charge >= 0.3 is 0 Å². The van der Waals surface area contributed by atoms with Crippen LogP contribution in [0.2, 0.25) is 0 Å². The third-order valence-electron chi connectivity index (χ3n) is 8.83. The van der Waals surface area contributed by atoms with Crippen molar-refractivity contribution in [3.05, 3.63) is 11.6 Å². The summed E-state index contributed by atoms with van der Waals surface area (Å²) >= 11 is 0. The van der Waals surface area contributed by atoms with E-state index >= 15 is 0 Å². The van der Waals surface area contributed by atoms with E-state index in [4.69, 9.17) is 0 Å². The van der Waals surface area contributed by atoms with Crippen molar-refractivity contribution in [2.75, 3.05) is 0 Å². The van der Waals surface area contributed by atoms with Gasteiger partial charge in [0.15, 0.2) is 0 Å². The second kappa shape index (κ2) is 7.75. The number of hydrogen-bond acceptors (Lipinski definition) is 1. The SMILES string of the molecule is CCC1CCC2(C)C(CC)CCC2C1CC=C1CCCC(O)(CC)C1. The van der Waals surface area contributed by atoms with Crippen molar-refractivity contribution in [3.63, 3.8) is 0 Å². The largest absolute Gasteiger partial charge is 0.390 e. The van der Waals surface area contributed by atoms with Crippen LogP contribution < -0.4 is 0 Å². The first-order chi connectivity index (χ1) is 12.0. The zero-order valence-electron chi connectivity index (χ0n) is 17.3. The monoisotopic (exact) mass is 346 g/mol. The molecule has 144 valence electrons. The average Bonchev–Trinajstić information content (AvgIpc) is 2.96. The van der Waals surface area contributed by atoms with Crippen LogP contribution >= 0.6 is 0 Å². The summed E-state index contributed by atoms with van der Waals surface area (Å²) in [6.07, 6.45) is 17.7. The molecule has 0 saturated heterocycles. The molecule has 25 heavy (non-hydrogen) atoms. The molecule has 3 aliphatic carbocycles. The minimum absolute atomic E-state index is 0.407. The van der Waals surface area contributed by atoms with Crippen LogP contribution in [0.3, 0.4) is 0 Å². The molecular weight excluding hydrogens is 304 g/mol. The molecule has 1 heteroatoms. The molecule has 0 aromatic heterocycles. The first-order valence-corrected chi connectivity index (χ1v) is 11.4. The quantitative estimate of drug-likeness (QED) is 0.537. The summed E-state index contributed by atoms with van der Waals surface area (Å²) in [6.45, 7) is 9.60. The molecule has 3 fully saturated rings. The molecule has 0 aromatic carbocycles. The maximum absolute atomic E-state index is 10.7. The van der Waals surface area contributed by atoms with Gasteiger partial charge in [0.1, 0.15) is 0 Å². The Morgan fingerprint density at radius 1 is 1.08 bits per heavy atom. The lowest BCUT2D eigenvalue weighted by Gasteiger charge is -2.49. The van der Waals surface area contributed by atoms with Gasteiger partial charge in [0.05, 0.1) is 5.60 Å². The fourth-order valence-corrected chi connectivity index (χ4v) is 7.03. The molecule has 0 aliphatic heterocycles. The maximum Gasteiger partial charge on any atom is 0.0682 e. The van der Waals surface area contributed by atoms with Crippen LogP contribution in [-0.2, 0) is 0 Å². The Kier molecular flexibility index (Phi) is 6.03. The van der Waals surface area contributed by atoms with E-state index in [1.165, 1.54) is 57.8 Å². The Labute approximate surface area is 156 Å². The Hall–Kier alpha value is -0.300. The van der Waals surface area contributed by atoms with Crippen molar-refractivity contribution < 1.29 is 5.11 Å². The lowest BCUT2D eigenvalue weighted by Crippen LogP contribution is -2.41. The number of allylic oxidation sites excluding steroid dienone is 1. The van der Waals surface area contributed by atoms with Crippen molar-refractivity contribution in [2.45, 2.75) is 110 Å². The van der Waals surface area contributed by atoms with E-state index < -0.39 is 5.60 Å². The standard InChI is InChI=1S/C24H42O/c1-5-19-14-16-23(4)20(6-2)11-13-22(23)21(19)12-10-18-9-8-15-24(25,7-3)17-18/h10,19-22,25H,5-9,11-17H2,1-4H3. The van der Waals surface area contributed by atoms with Gasteiger partial charge in [-0.15, -0.1) is 0 Å². The lowest BCUT2D eigenvalue weighted by molar-refractivity contribution is 0.00892. The Balaban J connectivity index is 1.73. The predicted molar refractivity (Wildman–Crippen MR) is 108 cm³/mol. The van der Waals surface area contributed by atoms with E-state index in [0.29, 0.717) is 5.41 Å². The second-order valence-electron chi connectivity index (χ2n) is 9.87. The van der Waals surface area contributed by atoms with Crippen LogP contribution in [0.15, 0.2) is 11.6 Å². The van der Waals surface area contributed by atoms with Crippen molar-refractivity contribution in [1.29, 1.82) is 0 Å². The van der Waals surface area contributed by atoms with Gasteiger partial charge in [0.25, 0.3) is 0 Å². The number of fused-ring (bicyclic) bond motifs is 1. The van der Waals surface area contributed by atoms with Gasteiger partial charge in [0.2, 0.25) is 0 Å². The van der Waals surface area contributed by atoms with E-state index in [1.807, 2.05) is 0 Å². The van der Waals surface area contributed by atoms with Crippen molar-refractivity contribution in [1.82, 2.24) is 0 Å². The van der Waals surface area contributed by atoms with Gasteiger partial charge in [-0.05, 0) is 93.3 Å².